The minimum absolute atomic E-state index is 0.0634. The zero-order valence-corrected chi connectivity index (χ0v) is 15.4. The minimum atomic E-state index is -0.204. The van der Waals surface area contributed by atoms with E-state index in [0.29, 0.717) is 43.5 Å². The lowest BCUT2D eigenvalue weighted by atomic mass is 10.2. The predicted molar refractivity (Wildman–Crippen MR) is 95.1 cm³/mol. The number of amides is 3. The van der Waals surface area contributed by atoms with Crippen molar-refractivity contribution in [3.8, 4) is 0 Å². The van der Waals surface area contributed by atoms with Crippen LogP contribution in [0.5, 0.6) is 0 Å². The van der Waals surface area contributed by atoms with Crippen LogP contribution in [0.15, 0.2) is 33.4 Å². The van der Waals surface area contributed by atoms with Crippen LogP contribution in [0.3, 0.4) is 0 Å². The molecule has 0 unspecified atom stereocenters. The Hall–Kier alpha value is -3.10. The summed E-state index contributed by atoms with van der Waals surface area (Å²) in [4.78, 5) is 41.4. The van der Waals surface area contributed by atoms with Crippen LogP contribution in [0.25, 0.3) is 0 Å². The Morgan fingerprint density at radius 2 is 1.89 bits per heavy atom. The second kappa shape index (κ2) is 8.07. The topological polar surface area (TPSA) is 100 Å². The highest BCUT2D eigenvalue weighted by atomic mass is 16.5. The molecule has 0 aliphatic carbocycles. The number of carbonyl (C=O) groups excluding carboxylic acids is 3. The van der Waals surface area contributed by atoms with E-state index in [1.165, 1.54) is 18.1 Å². The summed E-state index contributed by atoms with van der Waals surface area (Å²) in [6, 6.07) is 4.96. The second-order valence-corrected chi connectivity index (χ2v) is 6.37. The molecule has 3 heterocycles. The first-order chi connectivity index (χ1) is 13.0. The van der Waals surface area contributed by atoms with E-state index in [0.717, 1.165) is 0 Å². The van der Waals surface area contributed by atoms with E-state index in [1.807, 2.05) is 0 Å². The van der Waals surface area contributed by atoms with Gasteiger partial charge in [0.2, 0.25) is 11.8 Å². The van der Waals surface area contributed by atoms with Gasteiger partial charge in [0.25, 0.3) is 5.91 Å². The van der Waals surface area contributed by atoms with Gasteiger partial charge in [-0.2, -0.15) is 0 Å². The predicted octanol–water partition coefficient (Wildman–Crippen LogP) is 1.30. The first-order valence-electron chi connectivity index (χ1n) is 8.77. The highest BCUT2D eigenvalue weighted by Crippen LogP contribution is 2.15. The molecule has 1 saturated heterocycles. The maximum Gasteiger partial charge on any atom is 0.289 e. The van der Waals surface area contributed by atoms with Gasteiger partial charge >= 0.3 is 0 Å². The number of piperazine rings is 1. The molecule has 0 radical (unpaired) electrons. The Labute approximate surface area is 156 Å². The third kappa shape index (κ3) is 4.36. The van der Waals surface area contributed by atoms with Crippen LogP contribution in [0.4, 0.5) is 5.82 Å². The molecule has 1 aliphatic heterocycles. The molecule has 0 atom stereocenters. The van der Waals surface area contributed by atoms with Crippen molar-refractivity contribution in [2.24, 2.45) is 0 Å². The monoisotopic (exact) mass is 374 g/mol. The number of furan rings is 1. The van der Waals surface area contributed by atoms with Gasteiger partial charge in [0, 0.05) is 52.1 Å². The Morgan fingerprint density at radius 1 is 1.19 bits per heavy atom. The van der Waals surface area contributed by atoms with Gasteiger partial charge in [0.05, 0.1) is 6.26 Å². The molecule has 0 aromatic carbocycles. The number of nitrogens with zero attached hydrogens (tertiary/aromatic N) is 4. The number of aryl methyl sites for hydroxylation is 1. The number of aromatic nitrogens is 1. The molecule has 1 aliphatic rings. The fraction of sp³-hybridized carbons (Fsp3) is 0.444. The number of rotatable bonds is 5. The summed E-state index contributed by atoms with van der Waals surface area (Å²) < 4.78 is 10.1. The number of hydrogen-bond donors (Lipinski definition) is 0. The molecule has 9 heteroatoms. The first kappa shape index (κ1) is 18.7. The van der Waals surface area contributed by atoms with Crippen molar-refractivity contribution in [2.75, 3.05) is 37.6 Å². The summed E-state index contributed by atoms with van der Waals surface area (Å²) in [5.41, 5.74) is 0. The second-order valence-electron chi connectivity index (χ2n) is 6.37. The van der Waals surface area contributed by atoms with Gasteiger partial charge in [-0.1, -0.05) is 5.16 Å². The Morgan fingerprint density at radius 3 is 2.44 bits per heavy atom. The van der Waals surface area contributed by atoms with E-state index < -0.39 is 0 Å². The molecule has 2 aromatic heterocycles. The third-order valence-corrected chi connectivity index (χ3v) is 4.47. The quantitative estimate of drug-likeness (QED) is 0.782. The Bertz CT molecular complexity index is 806. The molecule has 0 saturated carbocycles. The average Bonchev–Trinajstić information content (AvgIpc) is 3.33. The van der Waals surface area contributed by atoms with E-state index in [1.54, 1.807) is 34.9 Å². The highest BCUT2D eigenvalue weighted by Gasteiger charge is 2.26. The summed E-state index contributed by atoms with van der Waals surface area (Å²) in [5.74, 6) is 0.865. The van der Waals surface area contributed by atoms with Gasteiger partial charge in [0.1, 0.15) is 5.76 Å². The maximum atomic E-state index is 12.5. The molecule has 27 heavy (non-hydrogen) atoms. The molecule has 9 nitrogen and oxygen atoms in total. The van der Waals surface area contributed by atoms with Crippen molar-refractivity contribution in [1.82, 2.24) is 15.0 Å². The number of carbonyl (C=O) groups is 3. The van der Waals surface area contributed by atoms with Crippen LogP contribution in [0, 0.1) is 6.92 Å². The molecule has 1 fully saturated rings. The SMILES string of the molecule is CC(=O)N(CCC(=O)N1CCN(C(=O)c2ccco2)CC1)c1cc(C)on1. The van der Waals surface area contributed by atoms with Gasteiger partial charge in [0.15, 0.2) is 11.6 Å². The minimum Gasteiger partial charge on any atom is -0.459 e. The zero-order valence-electron chi connectivity index (χ0n) is 15.4. The zero-order chi connectivity index (χ0) is 19.4. The molecule has 2 aromatic rings. The van der Waals surface area contributed by atoms with Gasteiger partial charge in [-0.05, 0) is 19.1 Å². The first-order valence-corrected chi connectivity index (χ1v) is 8.77. The van der Waals surface area contributed by atoms with Crippen molar-refractivity contribution < 1.29 is 23.3 Å². The Balaban J connectivity index is 1.50. The largest absolute Gasteiger partial charge is 0.459 e. The van der Waals surface area contributed by atoms with E-state index in [9.17, 15) is 14.4 Å². The molecule has 0 N–H and O–H groups in total. The fourth-order valence-corrected chi connectivity index (χ4v) is 2.99. The van der Waals surface area contributed by atoms with Crippen LogP contribution in [-0.4, -0.2) is 65.4 Å². The van der Waals surface area contributed by atoms with Crippen molar-refractivity contribution in [1.29, 1.82) is 0 Å². The van der Waals surface area contributed by atoms with Crippen LogP contribution in [-0.2, 0) is 9.59 Å². The standard InChI is InChI=1S/C18H22N4O5/c1-13-12-16(19-27-13)22(14(2)23)6-5-17(24)20-7-9-21(10-8-20)18(25)15-4-3-11-26-15/h3-4,11-12H,5-10H2,1-2H3. The smallest absolute Gasteiger partial charge is 0.289 e. The van der Waals surface area contributed by atoms with Crippen molar-refractivity contribution in [3.05, 3.63) is 36.0 Å². The molecule has 3 amide bonds. The van der Waals surface area contributed by atoms with Crippen molar-refractivity contribution in [3.63, 3.8) is 0 Å². The molecule has 0 spiro atoms. The maximum absolute atomic E-state index is 12.5. The highest BCUT2D eigenvalue weighted by molar-refractivity contribution is 5.92. The summed E-state index contributed by atoms with van der Waals surface area (Å²) in [7, 11) is 0. The van der Waals surface area contributed by atoms with Crippen LogP contribution < -0.4 is 4.90 Å². The average molecular weight is 374 g/mol. The summed E-state index contributed by atoms with van der Waals surface area (Å²) in [6.45, 7) is 5.19. The third-order valence-electron chi connectivity index (χ3n) is 4.47. The normalized spacial score (nSPS) is 14.3. The molecule has 3 rings (SSSR count). The van der Waals surface area contributed by atoms with Crippen LogP contribution in [0.2, 0.25) is 0 Å². The van der Waals surface area contributed by atoms with Gasteiger partial charge < -0.3 is 18.7 Å². The Kier molecular flexibility index (Phi) is 5.58. The van der Waals surface area contributed by atoms with Crippen LogP contribution in [0.1, 0.15) is 29.7 Å². The van der Waals surface area contributed by atoms with E-state index in [4.69, 9.17) is 8.94 Å². The van der Waals surface area contributed by atoms with Gasteiger partial charge in [-0.3, -0.25) is 19.3 Å². The lowest BCUT2D eigenvalue weighted by Gasteiger charge is -2.34. The van der Waals surface area contributed by atoms with Crippen molar-refractivity contribution >= 4 is 23.5 Å². The lowest BCUT2D eigenvalue weighted by Crippen LogP contribution is -2.51. The van der Waals surface area contributed by atoms with Crippen molar-refractivity contribution in [2.45, 2.75) is 20.3 Å². The fourth-order valence-electron chi connectivity index (χ4n) is 2.99. The van der Waals surface area contributed by atoms with Crippen LogP contribution >= 0.6 is 0 Å². The number of hydrogen-bond acceptors (Lipinski definition) is 6. The number of anilines is 1. The molecule has 0 bridgehead atoms. The van der Waals surface area contributed by atoms with Gasteiger partial charge in [-0.15, -0.1) is 0 Å². The summed E-state index contributed by atoms with van der Waals surface area (Å²) >= 11 is 0. The summed E-state index contributed by atoms with van der Waals surface area (Å²) in [5, 5.41) is 3.83. The van der Waals surface area contributed by atoms with E-state index in [2.05, 4.69) is 5.16 Å². The van der Waals surface area contributed by atoms with Gasteiger partial charge in [-0.25, -0.2) is 0 Å². The van der Waals surface area contributed by atoms with E-state index in [-0.39, 0.29) is 30.7 Å². The summed E-state index contributed by atoms with van der Waals surface area (Å²) in [6.07, 6.45) is 1.64. The molecule has 144 valence electrons. The molecular weight excluding hydrogens is 352 g/mol. The lowest BCUT2D eigenvalue weighted by molar-refractivity contribution is -0.132. The van der Waals surface area contributed by atoms with E-state index >= 15 is 0 Å². The molecular formula is C18H22N4O5.